The number of nitrogens with one attached hydrogen (secondary N) is 1. The van der Waals surface area contributed by atoms with Gasteiger partial charge in [-0.25, -0.2) is 9.97 Å². The van der Waals surface area contributed by atoms with Crippen LogP contribution in [-0.4, -0.2) is 53.0 Å². The number of benzene rings is 1. The van der Waals surface area contributed by atoms with Crippen LogP contribution in [0.15, 0.2) is 41.2 Å². The van der Waals surface area contributed by atoms with Crippen molar-refractivity contribution < 1.29 is 4.79 Å². The highest BCUT2D eigenvalue weighted by Crippen LogP contribution is 2.23. The number of anilines is 1. The fourth-order valence-electron chi connectivity index (χ4n) is 4.34. The quantitative estimate of drug-likeness (QED) is 0.598. The molecule has 1 amide bonds. The van der Waals surface area contributed by atoms with Gasteiger partial charge in [-0.2, -0.15) is 0 Å². The van der Waals surface area contributed by atoms with Crippen LogP contribution in [-0.2, 0) is 17.9 Å². The first-order chi connectivity index (χ1) is 15.8. The number of nitrogens with zero attached hydrogens (tertiary/aromatic N) is 5. The van der Waals surface area contributed by atoms with E-state index in [1.807, 2.05) is 56.3 Å². The van der Waals surface area contributed by atoms with Crippen molar-refractivity contribution in [3.8, 4) is 0 Å². The zero-order valence-electron chi connectivity index (χ0n) is 19.8. The number of amides is 1. The van der Waals surface area contributed by atoms with Gasteiger partial charge in [0.05, 0.1) is 23.8 Å². The molecule has 33 heavy (non-hydrogen) atoms. The third-order valence-electron chi connectivity index (χ3n) is 6.21. The number of hydrogen-bond acceptors (Lipinski definition) is 6. The van der Waals surface area contributed by atoms with Crippen LogP contribution in [0.25, 0.3) is 10.9 Å². The average Bonchev–Trinajstić information content (AvgIpc) is 3.33. The molecule has 1 aliphatic heterocycles. The molecule has 3 aromatic rings. The van der Waals surface area contributed by atoms with Crippen molar-refractivity contribution >= 4 is 22.6 Å². The predicted molar refractivity (Wildman–Crippen MR) is 130 cm³/mol. The Morgan fingerprint density at radius 2 is 1.97 bits per heavy atom. The summed E-state index contributed by atoms with van der Waals surface area (Å²) in [5, 5.41) is 4.48. The minimum Gasteiger partial charge on any atom is -0.363 e. The number of aromatic nitrogens is 3. The van der Waals surface area contributed by atoms with E-state index in [0.717, 1.165) is 53.2 Å². The van der Waals surface area contributed by atoms with Gasteiger partial charge in [-0.1, -0.05) is 18.2 Å². The largest absolute Gasteiger partial charge is 0.363 e. The van der Waals surface area contributed by atoms with E-state index in [0.29, 0.717) is 13.1 Å². The van der Waals surface area contributed by atoms with E-state index in [4.69, 9.17) is 9.97 Å². The highest BCUT2D eigenvalue weighted by atomic mass is 16.2. The Kier molecular flexibility index (Phi) is 6.74. The van der Waals surface area contributed by atoms with E-state index in [-0.39, 0.29) is 23.9 Å². The number of aryl methyl sites for hydroxylation is 2. The first kappa shape index (κ1) is 22.9. The van der Waals surface area contributed by atoms with Crippen LogP contribution in [0.1, 0.15) is 42.4 Å². The van der Waals surface area contributed by atoms with Crippen molar-refractivity contribution in [2.75, 3.05) is 32.6 Å². The summed E-state index contributed by atoms with van der Waals surface area (Å²) < 4.78 is 1.69. The van der Waals surface area contributed by atoms with Crippen molar-refractivity contribution in [1.82, 2.24) is 24.8 Å². The zero-order chi connectivity index (χ0) is 23.5. The molecule has 8 nitrogen and oxygen atoms in total. The Hall–Kier alpha value is -3.26. The second-order valence-electron chi connectivity index (χ2n) is 8.95. The van der Waals surface area contributed by atoms with Crippen LogP contribution < -0.4 is 15.8 Å². The van der Waals surface area contributed by atoms with E-state index in [2.05, 4.69) is 5.32 Å². The fraction of sp³-hybridized carbons (Fsp3) is 0.440. The van der Waals surface area contributed by atoms with Crippen molar-refractivity contribution in [1.29, 1.82) is 0 Å². The number of fused-ring (bicyclic) bond motifs is 1. The summed E-state index contributed by atoms with van der Waals surface area (Å²) in [7, 11) is 5.69. The molecule has 8 heteroatoms. The maximum absolute atomic E-state index is 12.9. The Labute approximate surface area is 194 Å². The van der Waals surface area contributed by atoms with Crippen LogP contribution in [0, 0.1) is 6.92 Å². The fourth-order valence-corrected chi connectivity index (χ4v) is 4.34. The zero-order valence-corrected chi connectivity index (χ0v) is 19.8. The van der Waals surface area contributed by atoms with Gasteiger partial charge in [0.2, 0.25) is 5.91 Å². The van der Waals surface area contributed by atoms with E-state index in [9.17, 15) is 9.59 Å². The predicted octanol–water partition coefficient (Wildman–Crippen LogP) is 2.64. The molecule has 1 aliphatic rings. The van der Waals surface area contributed by atoms with Crippen molar-refractivity contribution in [3.05, 3.63) is 63.8 Å². The summed E-state index contributed by atoms with van der Waals surface area (Å²) in [6, 6.07) is 11.5. The Morgan fingerprint density at radius 3 is 2.70 bits per heavy atom. The first-order valence-corrected chi connectivity index (χ1v) is 11.4. The third kappa shape index (κ3) is 5.06. The molecule has 2 aromatic heterocycles. The molecule has 174 valence electrons. The summed E-state index contributed by atoms with van der Waals surface area (Å²) in [5.41, 5.74) is 2.54. The third-order valence-corrected chi connectivity index (χ3v) is 6.21. The highest BCUT2D eigenvalue weighted by molar-refractivity contribution is 5.82. The van der Waals surface area contributed by atoms with Crippen LogP contribution in [0.5, 0.6) is 0 Å². The molecule has 4 rings (SSSR count). The Balaban J connectivity index is 1.49. The number of carbonyl (C=O) groups excluding carboxylic acids is 1. The van der Waals surface area contributed by atoms with Gasteiger partial charge in [0.15, 0.2) is 0 Å². The van der Waals surface area contributed by atoms with Gasteiger partial charge in [-0.15, -0.1) is 0 Å². The number of rotatable bonds is 7. The summed E-state index contributed by atoms with van der Waals surface area (Å²) >= 11 is 0. The molecule has 0 unspecified atom stereocenters. The van der Waals surface area contributed by atoms with Gasteiger partial charge in [0.1, 0.15) is 11.6 Å². The van der Waals surface area contributed by atoms with Gasteiger partial charge in [0.25, 0.3) is 5.56 Å². The summed E-state index contributed by atoms with van der Waals surface area (Å²) in [4.78, 5) is 38.6. The standard InChI is InChI=1S/C25H32N6O2/c1-17-14-24(33)31(21-10-6-5-8-19(17)21)13-11-23(32)30(4)16-18-15-22(29(2)3)28-25(27-18)20-9-7-12-26-20/h5-6,8,10,14-15,20,26H,7,9,11-13,16H2,1-4H3/t20-/m0/s1. The molecule has 1 fully saturated rings. The molecule has 1 N–H and O–H groups in total. The molecule has 1 aromatic carbocycles. The van der Waals surface area contributed by atoms with E-state index in [1.54, 1.807) is 22.6 Å². The lowest BCUT2D eigenvalue weighted by atomic mass is 10.1. The summed E-state index contributed by atoms with van der Waals surface area (Å²) in [6.07, 6.45) is 2.37. The summed E-state index contributed by atoms with van der Waals surface area (Å²) in [6.45, 7) is 3.64. The maximum atomic E-state index is 12.9. The molecule has 0 saturated carbocycles. The molecule has 3 heterocycles. The Bertz CT molecular complexity index is 1210. The molecule has 0 radical (unpaired) electrons. The lowest BCUT2D eigenvalue weighted by Crippen LogP contribution is -2.30. The molecule has 0 bridgehead atoms. The number of para-hydroxylation sites is 1. The van der Waals surface area contributed by atoms with E-state index < -0.39 is 0 Å². The van der Waals surface area contributed by atoms with E-state index in [1.165, 1.54) is 0 Å². The van der Waals surface area contributed by atoms with Gasteiger partial charge in [-0.3, -0.25) is 9.59 Å². The molecule has 0 spiro atoms. The van der Waals surface area contributed by atoms with Gasteiger partial charge in [0, 0.05) is 51.6 Å². The molecular formula is C25H32N6O2. The average molecular weight is 449 g/mol. The SMILES string of the molecule is Cc1cc(=O)n(CCC(=O)N(C)Cc2cc(N(C)C)nc([C@@H]3CCCN3)n2)c2ccccc12. The maximum Gasteiger partial charge on any atom is 0.251 e. The molecular weight excluding hydrogens is 416 g/mol. The summed E-state index contributed by atoms with van der Waals surface area (Å²) in [5.74, 6) is 1.59. The molecule has 0 aliphatic carbocycles. The first-order valence-electron chi connectivity index (χ1n) is 11.4. The topological polar surface area (TPSA) is 83.4 Å². The monoisotopic (exact) mass is 448 g/mol. The minimum absolute atomic E-state index is 0.0305. The van der Waals surface area contributed by atoms with Crippen molar-refractivity contribution in [2.24, 2.45) is 0 Å². The van der Waals surface area contributed by atoms with Gasteiger partial charge >= 0.3 is 0 Å². The molecule has 1 atom stereocenters. The van der Waals surface area contributed by atoms with Gasteiger partial charge in [-0.05, 0) is 37.9 Å². The van der Waals surface area contributed by atoms with Crippen LogP contribution in [0.4, 0.5) is 5.82 Å². The normalized spacial score (nSPS) is 15.7. The molecule has 1 saturated heterocycles. The second-order valence-corrected chi connectivity index (χ2v) is 8.95. The van der Waals surface area contributed by atoms with Crippen LogP contribution >= 0.6 is 0 Å². The van der Waals surface area contributed by atoms with Crippen LogP contribution in [0.2, 0.25) is 0 Å². The number of pyridine rings is 1. The van der Waals surface area contributed by atoms with Crippen molar-refractivity contribution in [3.63, 3.8) is 0 Å². The smallest absolute Gasteiger partial charge is 0.251 e. The number of hydrogen-bond donors (Lipinski definition) is 1. The Morgan fingerprint density at radius 1 is 1.18 bits per heavy atom. The highest BCUT2D eigenvalue weighted by Gasteiger charge is 2.21. The lowest BCUT2D eigenvalue weighted by Gasteiger charge is -2.21. The van der Waals surface area contributed by atoms with Gasteiger partial charge < -0.3 is 19.7 Å². The van der Waals surface area contributed by atoms with Crippen LogP contribution in [0.3, 0.4) is 0 Å². The number of carbonyl (C=O) groups is 1. The van der Waals surface area contributed by atoms with Crippen molar-refractivity contribution in [2.45, 2.75) is 45.3 Å². The minimum atomic E-state index is -0.0817. The van der Waals surface area contributed by atoms with E-state index >= 15 is 0 Å². The lowest BCUT2D eigenvalue weighted by molar-refractivity contribution is -0.130. The second kappa shape index (κ2) is 9.70.